The second kappa shape index (κ2) is 12.7. The minimum Gasteiger partial charge on any atom is -0.299 e. The van der Waals surface area contributed by atoms with Crippen molar-refractivity contribution in [3.8, 4) is 0 Å². The van der Waals surface area contributed by atoms with Crippen LogP contribution in [-0.2, 0) is 15.6 Å². The Kier molecular flexibility index (Phi) is 8.50. The third kappa shape index (κ3) is 5.93. The van der Waals surface area contributed by atoms with E-state index in [0.29, 0.717) is 12.0 Å². The van der Waals surface area contributed by atoms with Crippen LogP contribution in [0.4, 0.5) is 4.39 Å². The van der Waals surface area contributed by atoms with Gasteiger partial charge in [0.1, 0.15) is 11.6 Å². The Labute approximate surface area is 271 Å². The van der Waals surface area contributed by atoms with Crippen LogP contribution in [0.3, 0.4) is 0 Å². The van der Waals surface area contributed by atoms with Crippen molar-refractivity contribution in [3.05, 3.63) is 143 Å². The highest BCUT2D eigenvalue weighted by atomic mass is 32.2. The summed E-state index contributed by atoms with van der Waals surface area (Å²) >= 11 is 1.86. The van der Waals surface area contributed by atoms with Crippen molar-refractivity contribution in [1.29, 1.82) is 0 Å². The van der Waals surface area contributed by atoms with Gasteiger partial charge in [0.15, 0.2) is 0 Å². The molecule has 0 amide bonds. The normalized spacial score (nSPS) is 25.5. The molecule has 2 aliphatic carbocycles. The van der Waals surface area contributed by atoms with E-state index in [1.54, 1.807) is 12.1 Å². The van der Waals surface area contributed by atoms with E-state index in [9.17, 15) is 9.00 Å². The van der Waals surface area contributed by atoms with Gasteiger partial charge in [0.2, 0.25) is 0 Å². The molecular weight excluding hydrogens is 596 g/mol. The van der Waals surface area contributed by atoms with E-state index < -0.39 is 16.7 Å². The second-order valence-electron chi connectivity index (χ2n) is 12.8. The molecule has 2 saturated carbocycles. The van der Waals surface area contributed by atoms with Crippen LogP contribution in [0.25, 0.3) is 10.8 Å². The predicted molar refractivity (Wildman–Crippen MR) is 184 cm³/mol. The summed E-state index contributed by atoms with van der Waals surface area (Å²) in [7, 11) is -1.43. The van der Waals surface area contributed by atoms with Crippen molar-refractivity contribution in [1.82, 2.24) is 0 Å². The van der Waals surface area contributed by atoms with E-state index >= 15 is 4.39 Å². The number of hydrogen-bond donors (Lipinski definition) is 0. The van der Waals surface area contributed by atoms with Gasteiger partial charge in [-0.05, 0) is 90.8 Å². The number of hydrogen-bond acceptors (Lipinski definition) is 3. The lowest BCUT2D eigenvalue weighted by Gasteiger charge is -2.49. The Balaban J connectivity index is 1.35. The monoisotopic (exact) mass is 632 g/mol. The first-order valence-electron chi connectivity index (χ1n) is 15.8. The zero-order chi connectivity index (χ0) is 31.1. The lowest BCUT2D eigenvalue weighted by atomic mass is 9.61. The van der Waals surface area contributed by atoms with Gasteiger partial charge in [0.05, 0.1) is 16.0 Å². The van der Waals surface area contributed by atoms with E-state index in [2.05, 4.69) is 73.7 Å². The molecule has 7 atom stereocenters. The topological polar surface area (TPSA) is 34.1 Å². The predicted octanol–water partition coefficient (Wildman–Crippen LogP) is 9.80. The SMILES string of the molecule is Cc1ccc(SC2C[C@H]3C(=O)CC(c4ccccc4F)C(S(=O)c4ccc(C)cc4)[C@H]3CC2c2cccc3ccccc23)cc1. The molecule has 7 rings (SSSR count). The van der Waals surface area contributed by atoms with Gasteiger partial charge in [-0.15, -0.1) is 11.8 Å². The van der Waals surface area contributed by atoms with Gasteiger partial charge in [0.25, 0.3) is 0 Å². The minimum atomic E-state index is -1.43. The quantitative estimate of drug-likeness (QED) is 0.187. The lowest BCUT2D eigenvalue weighted by Crippen LogP contribution is -2.50. The van der Waals surface area contributed by atoms with Crippen LogP contribution in [-0.4, -0.2) is 20.5 Å². The maximum atomic E-state index is 15.5. The molecule has 0 N–H and O–H groups in total. The molecule has 0 aromatic heterocycles. The van der Waals surface area contributed by atoms with E-state index in [0.717, 1.165) is 16.9 Å². The summed E-state index contributed by atoms with van der Waals surface area (Å²) in [4.78, 5) is 16.1. The van der Waals surface area contributed by atoms with Crippen molar-refractivity contribution in [2.45, 2.75) is 65.2 Å². The first-order valence-corrected chi connectivity index (χ1v) is 17.9. The molecular formula is C40H37FO2S2. The fourth-order valence-electron chi connectivity index (χ4n) is 7.74. The van der Waals surface area contributed by atoms with Crippen LogP contribution in [0.1, 0.15) is 53.4 Å². The summed E-state index contributed by atoms with van der Waals surface area (Å²) < 4.78 is 30.2. The molecule has 2 fully saturated rings. The van der Waals surface area contributed by atoms with E-state index in [4.69, 9.17) is 0 Å². The van der Waals surface area contributed by atoms with E-state index in [1.165, 1.54) is 32.9 Å². The van der Waals surface area contributed by atoms with Crippen LogP contribution in [0.2, 0.25) is 0 Å². The van der Waals surface area contributed by atoms with Gasteiger partial charge in [0, 0.05) is 33.3 Å². The molecule has 0 heterocycles. The van der Waals surface area contributed by atoms with Crippen LogP contribution in [0.15, 0.2) is 125 Å². The minimum absolute atomic E-state index is 0.133. The fraction of sp³-hybridized carbons (Fsp3) is 0.275. The van der Waals surface area contributed by atoms with Gasteiger partial charge in [-0.3, -0.25) is 9.00 Å². The number of thioether (sulfide) groups is 1. The number of aryl methyl sites for hydroxylation is 2. The zero-order valence-corrected chi connectivity index (χ0v) is 27.2. The van der Waals surface area contributed by atoms with Crippen molar-refractivity contribution in [2.24, 2.45) is 11.8 Å². The molecule has 5 aromatic carbocycles. The average molecular weight is 633 g/mol. The molecule has 0 radical (unpaired) electrons. The molecule has 228 valence electrons. The standard InChI is InChI=1S/C40H37FO2S2/c1-25-14-18-28(19-15-25)44-39-24-33-35(22-34(39)31-12-7-9-27-8-3-4-10-30(27)31)40(45(43)29-20-16-26(2)17-21-29)36(23-38(33)42)32-11-5-6-13-37(32)41/h3-21,33-36,39-40H,22-24H2,1-2H3/t33-,34?,35+,36?,39?,40?,45?/m1/s1. The van der Waals surface area contributed by atoms with Crippen molar-refractivity contribution >= 4 is 39.1 Å². The highest BCUT2D eigenvalue weighted by Gasteiger charge is 2.52. The van der Waals surface area contributed by atoms with Crippen LogP contribution in [0, 0.1) is 31.5 Å². The van der Waals surface area contributed by atoms with Crippen LogP contribution >= 0.6 is 11.8 Å². The van der Waals surface area contributed by atoms with E-state index in [1.807, 2.05) is 49.0 Å². The summed E-state index contributed by atoms with van der Waals surface area (Å²) in [6, 6.07) is 38.3. The first-order chi connectivity index (χ1) is 21.9. The molecule has 0 aliphatic heterocycles. The Morgan fingerprint density at radius 3 is 2.09 bits per heavy atom. The number of benzene rings is 5. The molecule has 0 bridgehead atoms. The first kappa shape index (κ1) is 30.1. The summed E-state index contributed by atoms with van der Waals surface area (Å²) in [5.74, 6) is -0.825. The maximum Gasteiger partial charge on any atom is 0.136 e. The summed E-state index contributed by atoms with van der Waals surface area (Å²) in [6.07, 6.45) is 1.65. The number of Topliss-reactive ketones (excluding diaryl/α,β-unsaturated/α-hetero) is 1. The Morgan fingerprint density at radius 2 is 1.33 bits per heavy atom. The second-order valence-corrected chi connectivity index (χ2v) is 15.7. The van der Waals surface area contributed by atoms with Crippen LogP contribution in [0.5, 0.6) is 0 Å². The third-order valence-corrected chi connectivity index (χ3v) is 13.2. The number of halogens is 1. The highest BCUT2D eigenvalue weighted by molar-refractivity contribution is 8.00. The molecule has 45 heavy (non-hydrogen) atoms. The third-order valence-electron chi connectivity index (χ3n) is 9.97. The molecule has 5 heteroatoms. The maximum absolute atomic E-state index is 15.5. The number of carbonyl (C=O) groups is 1. The molecule has 5 aromatic rings. The Morgan fingerprint density at radius 1 is 0.689 bits per heavy atom. The molecule has 2 nitrogen and oxygen atoms in total. The number of carbonyl (C=O) groups excluding carboxylic acids is 1. The largest absolute Gasteiger partial charge is 0.299 e. The van der Waals surface area contributed by atoms with Gasteiger partial charge < -0.3 is 0 Å². The smallest absolute Gasteiger partial charge is 0.136 e. The van der Waals surface area contributed by atoms with Gasteiger partial charge in [-0.25, -0.2) is 4.39 Å². The Hall–Kier alpha value is -3.54. The van der Waals surface area contributed by atoms with E-state index in [-0.39, 0.29) is 46.3 Å². The zero-order valence-electron chi connectivity index (χ0n) is 25.6. The molecule has 5 unspecified atom stereocenters. The number of rotatable bonds is 6. The van der Waals surface area contributed by atoms with Crippen LogP contribution < -0.4 is 0 Å². The van der Waals surface area contributed by atoms with Crippen molar-refractivity contribution in [2.75, 3.05) is 0 Å². The van der Waals surface area contributed by atoms with Gasteiger partial charge >= 0.3 is 0 Å². The number of ketones is 1. The molecule has 0 saturated heterocycles. The molecule has 0 spiro atoms. The van der Waals surface area contributed by atoms with Crippen molar-refractivity contribution in [3.63, 3.8) is 0 Å². The number of fused-ring (bicyclic) bond motifs is 2. The summed E-state index contributed by atoms with van der Waals surface area (Å²) in [5, 5.41) is 2.21. The Bertz CT molecular complexity index is 1860. The van der Waals surface area contributed by atoms with Gasteiger partial charge in [-0.2, -0.15) is 0 Å². The highest BCUT2D eigenvalue weighted by Crippen LogP contribution is 2.55. The summed E-state index contributed by atoms with van der Waals surface area (Å²) in [6.45, 7) is 4.12. The fourth-order valence-corrected chi connectivity index (χ4v) is 11.0. The summed E-state index contributed by atoms with van der Waals surface area (Å²) in [5.41, 5.74) is 4.10. The van der Waals surface area contributed by atoms with Gasteiger partial charge in [-0.1, -0.05) is 96.1 Å². The average Bonchev–Trinajstić information content (AvgIpc) is 3.06. The lowest BCUT2D eigenvalue weighted by molar-refractivity contribution is -0.128. The molecule has 2 aliphatic rings. The van der Waals surface area contributed by atoms with Crippen molar-refractivity contribution < 1.29 is 13.4 Å².